The zero-order chi connectivity index (χ0) is 23.2. The van der Waals surface area contributed by atoms with E-state index in [4.69, 9.17) is 4.74 Å². The summed E-state index contributed by atoms with van der Waals surface area (Å²) in [5.41, 5.74) is 2.10. The van der Waals surface area contributed by atoms with Crippen molar-refractivity contribution in [3.05, 3.63) is 65.7 Å². The lowest BCUT2D eigenvalue weighted by molar-refractivity contribution is -0.120. The van der Waals surface area contributed by atoms with Crippen LogP contribution in [0.4, 0.5) is 0 Å². The molecule has 1 atom stereocenters. The molecule has 2 rings (SSSR count). The second-order valence-electron chi connectivity index (χ2n) is 6.29. The molecule has 0 heterocycles. The van der Waals surface area contributed by atoms with E-state index in [1.54, 1.807) is 0 Å². The third kappa shape index (κ3) is 14.3. The van der Waals surface area contributed by atoms with Crippen LogP contribution in [-0.2, 0) is 17.8 Å². The van der Waals surface area contributed by atoms with Crippen LogP contribution in [0.25, 0.3) is 0 Å². The molecular formula is C27H41NO2. The van der Waals surface area contributed by atoms with Crippen LogP contribution in [0.3, 0.4) is 0 Å². The maximum atomic E-state index is 12.0. The third-order valence-electron chi connectivity index (χ3n) is 3.94. The number of hydrogen-bond donors (Lipinski definition) is 1. The Morgan fingerprint density at radius 2 is 1.50 bits per heavy atom. The Morgan fingerprint density at radius 3 is 2.03 bits per heavy atom. The van der Waals surface area contributed by atoms with Crippen LogP contribution in [0, 0.1) is 18.8 Å². The number of carbonyl (C=O) groups excluding carboxylic acids is 1. The van der Waals surface area contributed by atoms with Crippen molar-refractivity contribution in [1.29, 1.82) is 0 Å². The maximum Gasteiger partial charge on any atom is 0.224 e. The van der Waals surface area contributed by atoms with Crippen molar-refractivity contribution in [2.45, 2.75) is 67.3 Å². The molecular weight excluding hydrogens is 370 g/mol. The molecule has 0 fully saturated rings. The molecule has 1 amide bonds. The van der Waals surface area contributed by atoms with E-state index in [2.05, 4.69) is 32.0 Å². The molecule has 0 aliphatic rings. The van der Waals surface area contributed by atoms with Gasteiger partial charge in [-0.1, -0.05) is 90.4 Å². The first kappa shape index (κ1) is 29.5. The molecule has 3 nitrogen and oxygen atoms in total. The van der Waals surface area contributed by atoms with Crippen molar-refractivity contribution in [2.75, 3.05) is 6.61 Å². The van der Waals surface area contributed by atoms with E-state index in [1.165, 1.54) is 12.8 Å². The molecule has 0 radical (unpaired) electrons. The van der Waals surface area contributed by atoms with E-state index in [9.17, 15) is 4.79 Å². The Kier molecular flexibility index (Phi) is 20.6. The van der Waals surface area contributed by atoms with Gasteiger partial charge in [-0.15, -0.1) is 12.8 Å². The number of ether oxygens (including phenoxy) is 1. The Bertz CT molecular complexity index is 648. The number of rotatable bonds is 9. The number of amides is 1. The first-order valence-corrected chi connectivity index (χ1v) is 11.0. The molecule has 0 aromatic heterocycles. The molecule has 0 saturated heterocycles. The summed E-state index contributed by atoms with van der Waals surface area (Å²) < 4.78 is 5.79. The van der Waals surface area contributed by atoms with E-state index in [0.717, 1.165) is 23.5 Å². The second-order valence-corrected chi connectivity index (χ2v) is 6.29. The zero-order valence-corrected chi connectivity index (χ0v) is 19.8. The van der Waals surface area contributed by atoms with Crippen molar-refractivity contribution in [3.8, 4) is 18.6 Å². The third-order valence-corrected chi connectivity index (χ3v) is 3.94. The highest BCUT2D eigenvalue weighted by Gasteiger charge is 2.04. The molecule has 1 unspecified atom stereocenters. The van der Waals surface area contributed by atoms with E-state index in [0.29, 0.717) is 18.9 Å². The maximum absolute atomic E-state index is 12.0. The number of nitrogens with one attached hydrogen (secondary N) is 1. The van der Waals surface area contributed by atoms with Crippen molar-refractivity contribution >= 4 is 5.91 Å². The van der Waals surface area contributed by atoms with Crippen LogP contribution in [0.2, 0.25) is 0 Å². The Morgan fingerprint density at radius 1 is 0.933 bits per heavy atom. The predicted octanol–water partition coefficient (Wildman–Crippen LogP) is 6.66. The minimum Gasteiger partial charge on any atom is -0.493 e. The Labute approximate surface area is 185 Å². The van der Waals surface area contributed by atoms with Gasteiger partial charge in [0.15, 0.2) is 0 Å². The van der Waals surface area contributed by atoms with Gasteiger partial charge in [-0.25, -0.2) is 0 Å². The second kappa shape index (κ2) is 21.0. The Balaban J connectivity index is 0. The van der Waals surface area contributed by atoms with Crippen LogP contribution < -0.4 is 10.1 Å². The normalized spacial score (nSPS) is 9.87. The van der Waals surface area contributed by atoms with Crippen molar-refractivity contribution in [1.82, 2.24) is 5.32 Å². The highest BCUT2D eigenvalue weighted by Crippen LogP contribution is 2.14. The fourth-order valence-electron chi connectivity index (χ4n) is 2.56. The summed E-state index contributed by atoms with van der Waals surface area (Å²) in [4.78, 5) is 12.0. The first-order valence-electron chi connectivity index (χ1n) is 11.0. The van der Waals surface area contributed by atoms with E-state index >= 15 is 0 Å². The van der Waals surface area contributed by atoms with Crippen LogP contribution in [-0.4, -0.2) is 12.5 Å². The lowest BCUT2D eigenvalue weighted by atomic mass is 10.1. The molecule has 2 aromatic carbocycles. The molecule has 0 spiro atoms. The van der Waals surface area contributed by atoms with Crippen LogP contribution in [0.5, 0.6) is 5.75 Å². The van der Waals surface area contributed by atoms with E-state index in [1.807, 2.05) is 82.3 Å². The lowest BCUT2D eigenvalue weighted by Gasteiger charge is -2.12. The summed E-state index contributed by atoms with van der Waals surface area (Å²) >= 11 is 0. The minimum absolute atomic E-state index is 0.0370. The SMILES string of the molecule is C#C.CC.CC.CCCC(C)COc1ccc(CNC(=O)Cc2ccccc2)cc1. The molecule has 0 bridgehead atoms. The summed E-state index contributed by atoms with van der Waals surface area (Å²) in [6.45, 7) is 13.7. The molecule has 3 heteroatoms. The van der Waals surface area contributed by atoms with Crippen LogP contribution >= 0.6 is 0 Å². The van der Waals surface area contributed by atoms with Gasteiger partial charge in [-0.3, -0.25) is 4.79 Å². The fourth-order valence-corrected chi connectivity index (χ4v) is 2.56. The first-order chi connectivity index (χ1) is 14.7. The fraction of sp³-hybridized carbons (Fsp3) is 0.444. The molecule has 0 saturated carbocycles. The summed E-state index contributed by atoms with van der Waals surface area (Å²) in [5.74, 6) is 1.50. The zero-order valence-electron chi connectivity index (χ0n) is 19.8. The number of hydrogen-bond acceptors (Lipinski definition) is 2. The molecule has 0 aliphatic carbocycles. The van der Waals surface area contributed by atoms with Gasteiger partial charge < -0.3 is 10.1 Å². The number of carbonyl (C=O) groups is 1. The number of benzene rings is 2. The van der Waals surface area contributed by atoms with Gasteiger partial charge in [0.2, 0.25) is 5.91 Å². The monoisotopic (exact) mass is 411 g/mol. The van der Waals surface area contributed by atoms with E-state index in [-0.39, 0.29) is 5.91 Å². The van der Waals surface area contributed by atoms with Crippen molar-refractivity contribution in [2.24, 2.45) is 5.92 Å². The highest BCUT2D eigenvalue weighted by atomic mass is 16.5. The molecule has 2 aromatic rings. The summed E-state index contributed by atoms with van der Waals surface area (Å²) in [6, 6.07) is 17.7. The smallest absolute Gasteiger partial charge is 0.224 e. The molecule has 1 N–H and O–H groups in total. The largest absolute Gasteiger partial charge is 0.493 e. The van der Waals surface area contributed by atoms with Crippen molar-refractivity contribution in [3.63, 3.8) is 0 Å². The molecule has 166 valence electrons. The van der Waals surface area contributed by atoms with Crippen molar-refractivity contribution < 1.29 is 9.53 Å². The quantitative estimate of drug-likeness (QED) is 0.468. The Hall–Kier alpha value is -2.73. The topological polar surface area (TPSA) is 38.3 Å². The standard InChI is InChI=1S/C21H27NO2.2C2H6.C2H2/c1-3-7-17(2)16-24-20-12-10-19(11-13-20)15-22-21(23)14-18-8-5-4-6-9-18;3*1-2/h4-6,8-13,17H,3,7,14-16H2,1-2H3,(H,22,23);2*1-2H3;1-2H. The van der Waals surface area contributed by atoms with E-state index < -0.39 is 0 Å². The molecule has 0 aliphatic heterocycles. The average molecular weight is 412 g/mol. The number of terminal acetylenes is 1. The highest BCUT2D eigenvalue weighted by molar-refractivity contribution is 5.78. The summed E-state index contributed by atoms with van der Waals surface area (Å²) in [7, 11) is 0. The average Bonchev–Trinajstić information content (AvgIpc) is 2.82. The predicted molar refractivity (Wildman–Crippen MR) is 131 cm³/mol. The van der Waals surface area contributed by atoms with Gasteiger partial charge in [0, 0.05) is 6.54 Å². The van der Waals surface area contributed by atoms with Gasteiger partial charge >= 0.3 is 0 Å². The van der Waals surface area contributed by atoms with Gasteiger partial charge in [0.25, 0.3) is 0 Å². The molecule has 30 heavy (non-hydrogen) atoms. The van der Waals surface area contributed by atoms with Gasteiger partial charge in [0.05, 0.1) is 13.0 Å². The lowest BCUT2D eigenvalue weighted by Crippen LogP contribution is -2.24. The van der Waals surface area contributed by atoms with Crippen LogP contribution in [0.15, 0.2) is 54.6 Å². The summed E-state index contributed by atoms with van der Waals surface area (Å²) in [5, 5.41) is 2.95. The minimum atomic E-state index is 0.0370. The van der Waals surface area contributed by atoms with Gasteiger partial charge in [0.1, 0.15) is 5.75 Å². The van der Waals surface area contributed by atoms with Gasteiger partial charge in [-0.05, 0) is 35.6 Å². The van der Waals surface area contributed by atoms with Crippen LogP contribution in [0.1, 0.15) is 65.5 Å². The van der Waals surface area contributed by atoms with Gasteiger partial charge in [-0.2, -0.15) is 0 Å². The summed E-state index contributed by atoms with van der Waals surface area (Å²) in [6.07, 6.45) is 10.8.